The predicted molar refractivity (Wildman–Crippen MR) is 106 cm³/mol. The summed E-state index contributed by atoms with van der Waals surface area (Å²) in [6.45, 7) is 5.78. The molecule has 0 aliphatic carbocycles. The second-order valence-corrected chi connectivity index (χ2v) is 7.00. The lowest BCUT2D eigenvalue weighted by atomic mass is 9.92. The molecule has 0 fully saturated rings. The molecular weight excluding hydrogens is 367 g/mol. The number of rotatable bonds is 5. The van der Waals surface area contributed by atoms with Crippen molar-refractivity contribution in [1.82, 2.24) is 9.61 Å². The van der Waals surface area contributed by atoms with Gasteiger partial charge in [0.05, 0.1) is 11.2 Å². The van der Waals surface area contributed by atoms with E-state index in [2.05, 4.69) is 5.10 Å². The van der Waals surface area contributed by atoms with Crippen LogP contribution < -0.4 is 0 Å². The second-order valence-electron chi connectivity index (χ2n) is 6.62. The minimum Gasteiger partial charge on any atom is -0.478 e. The second kappa shape index (κ2) is 7.53. The highest BCUT2D eigenvalue weighted by atomic mass is 35.5. The Bertz CT molecular complexity index is 1040. The van der Waals surface area contributed by atoms with Gasteiger partial charge in [0.25, 0.3) is 0 Å². The van der Waals surface area contributed by atoms with Crippen LogP contribution in [0.15, 0.2) is 42.0 Å². The molecule has 0 aliphatic rings. The average molecular weight is 387 g/mol. The molecule has 0 saturated heterocycles. The molecule has 140 valence electrons. The van der Waals surface area contributed by atoms with Gasteiger partial charge in [-0.05, 0) is 48.2 Å². The lowest BCUT2D eigenvalue weighted by Crippen LogP contribution is -2.08. The Morgan fingerprint density at radius 3 is 2.48 bits per heavy atom. The van der Waals surface area contributed by atoms with Crippen molar-refractivity contribution >= 4 is 29.2 Å². The maximum atomic E-state index is 13.5. The van der Waals surface area contributed by atoms with Gasteiger partial charge in [-0.3, -0.25) is 0 Å². The van der Waals surface area contributed by atoms with Gasteiger partial charge in [0.15, 0.2) is 0 Å². The van der Waals surface area contributed by atoms with E-state index in [1.807, 2.05) is 19.9 Å². The predicted octanol–water partition coefficient (Wildman–Crippen LogP) is 5.80. The third-order valence-electron chi connectivity index (χ3n) is 4.47. The van der Waals surface area contributed by atoms with Crippen LogP contribution in [-0.2, 0) is 4.79 Å². The van der Waals surface area contributed by atoms with E-state index in [4.69, 9.17) is 11.6 Å². The molecule has 0 spiro atoms. The summed E-state index contributed by atoms with van der Waals surface area (Å²) in [5.74, 6) is -1.27. The molecular formula is C21H20ClFN2O2. The summed E-state index contributed by atoms with van der Waals surface area (Å²) in [7, 11) is 0. The van der Waals surface area contributed by atoms with Crippen molar-refractivity contribution in [2.24, 2.45) is 0 Å². The molecule has 1 aromatic carbocycles. The first-order valence-electron chi connectivity index (χ1n) is 8.74. The molecule has 0 radical (unpaired) electrons. The highest BCUT2D eigenvalue weighted by Crippen LogP contribution is 2.36. The average Bonchev–Trinajstić information content (AvgIpc) is 3.00. The summed E-state index contributed by atoms with van der Waals surface area (Å²) in [6, 6.07) is 9.71. The quantitative estimate of drug-likeness (QED) is 0.564. The van der Waals surface area contributed by atoms with Gasteiger partial charge in [-0.1, -0.05) is 44.5 Å². The van der Waals surface area contributed by atoms with Crippen molar-refractivity contribution in [1.29, 1.82) is 0 Å². The molecule has 3 rings (SSSR count). The van der Waals surface area contributed by atoms with Gasteiger partial charge in [0.2, 0.25) is 0 Å². The fourth-order valence-electron chi connectivity index (χ4n) is 3.10. The molecule has 2 aromatic heterocycles. The van der Waals surface area contributed by atoms with E-state index in [0.29, 0.717) is 11.6 Å². The van der Waals surface area contributed by atoms with Crippen LogP contribution >= 0.6 is 11.6 Å². The molecule has 1 N–H and O–H groups in total. The van der Waals surface area contributed by atoms with Crippen LogP contribution in [0.5, 0.6) is 0 Å². The molecule has 4 nitrogen and oxygen atoms in total. The maximum absolute atomic E-state index is 13.5. The van der Waals surface area contributed by atoms with Gasteiger partial charge in [-0.15, -0.1) is 0 Å². The summed E-state index contributed by atoms with van der Waals surface area (Å²) >= 11 is 6.30. The Morgan fingerprint density at radius 1 is 1.26 bits per heavy atom. The summed E-state index contributed by atoms with van der Waals surface area (Å²) in [4.78, 5) is 11.6. The van der Waals surface area contributed by atoms with Crippen LogP contribution in [-0.4, -0.2) is 20.7 Å². The van der Waals surface area contributed by atoms with Gasteiger partial charge in [0, 0.05) is 16.7 Å². The van der Waals surface area contributed by atoms with Crippen LogP contribution in [0.1, 0.15) is 44.4 Å². The Hall–Kier alpha value is -2.66. The third-order valence-corrected chi connectivity index (χ3v) is 4.76. The van der Waals surface area contributed by atoms with Gasteiger partial charge < -0.3 is 5.11 Å². The number of carbonyl (C=O) groups is 1. The number of halogens is 2. The lowest BCUT2D eigenvalue weighted by Gasteiger charge is -2.17. The first-order chi connectivity index (χ1) is 12.8. The van der Waals surface area contributed by atoms with E-state index >= 15 is 0 Å². The number of hydrogen-bond donors (Lipinski definition) is 1. The number of carboxylic acid groups (broad SMARTS) is 1. The van der Waals surface area contributed by atoms with Crippen LogP contribution in [0, 0.1) is 5.82 Å². The first kappa shape index (κ1) is 19.1. The largest absolute Gasteiger partial charge is 0.478 e. The van der Waals surface area contributed by atoms with Crippen molar-refractivity contribution in [3.05, 3.63) is 64.2 Å². The Balaban J connectivity index is 2.46. The number of nitrogens with zero attached hydrogens (tertiary/aromatic N) is 2. The zero-order valence-corrected chi connectivity index (χ0v) is 16.1. The fourth-order valence-corrected chi connectivity index (χ4v) is 3.30. The zero-order valence-electron chi connectivity index (χ0n) is 15.3. The molecule has 0 bridgehead atoms. The van der Waals surface area contributed by atoms with Crippen LogP contribution in [0.3, 0.4) is 0 Å². The topological polar surface area (TPSA) is 54.6 Å². The molecule has 2 heterocycles. The van der Waals surface area contributed by atoms with E-state index in [1.54, 1.807) is 35.7 Å². The lowest BCUT2D eigenvalue weighted by molar-refractivity contribution is -0.132. The fraction of sp³-hybridized carbons (Fsp3) is 0.238. The van der Waals surface area contributed by atoms with Crippen molar-refractivity contribution in [2.45, 2.75) is 33.1 Å². The summed E-state index contributed by atoms with van der Waals surface area (Å²) < 4.78 is 15.1. The number of carboxylic acids is 1. The van der Waals surface area contributed by atoms with Crippen LogP contribution in [0.4, 0.5) is 4.39 Å². The molecule has 0 saturated carbocycles. The van der Waals surface area contributed by atoms with E-state index in [9.17, 15) is 14.3 Å². The van der Waals surface area contributed by atoms with Gasteiger partial charge >= 0.3 is 5.97 Å². The van der Waals surface area contributed by atoms with E-state index in [0.717, 1.165) is 27.9 Å². The minimum atomic E-state index is -0.967. The van der Waals surface area contributed by atoms with E-state index < -0.39 is 5.97 Å². The number of hydrogen-bond acceptors (Lipinski definition) is 2. The number of aromatic nitrogens is 2. The van der Waals surface area contributed by atoms with Gasteiger partial charge in [0.1, 0.15) is 11.0 Å². The number of benzene rings is 1. The van der Waals surface area contributed by atoms with Crippen molar-refractivity contribution in [3.8, 4) is 11.1 Å². The first-order valence-corrected chi connectivity index (χ1v) is 9.12. The smallest absolute Gasteiger partial charge is 0.331 e. The molecule has 0 amide bonds. The Kier molecular flexibility index (Phi) is 5.33. The van der Waals surface area contributed by atoms with E-state index in [1.165, 1.54) is 12.1 Å². The van der Waals surface area contributed by atoms with Gasteiger partial charge in [-0.25, -0.2) is 13.7 Å². The number of fused-ring (bicyclic) bond motifs is 1. The van der Waals surface area contributed by atoms with Crippen molar-refractivity contribution in [3.63, 3.8) is 0 Å². The third kappa shape index (κ3) is 3.60. The summed E-state index contributed by atoms with van der Waals surface area (Å²) in [5.41, 5.74) is 4.03. The Labute approximate surface area is 161 Å². The standard InChI is InChI=1S/C21H20ClFN2O2/c1-4-13(21(26)27)11-16-19(14-5-7-15(23)8-6-14)17-9-10-18(22)25(17)24-20(16)12(2)3/h5-12H,4H2,1-3H3,(H,26,27). The summed E-state index contributed by atoms with van der Waals surface area (Å²) in [5, 5.41) is 14.6. The SMILES string of the molecule is CCC(=Cc1c(C(C)C)nn2c(Cl)ccc2c1-c1ccc(F)cc1)C(=O)O. The number of aliphatic carboxylic acids is 1. The van der Waals surface area contributed by atoms with E-state index in [-0.39, 0.29) is 17.3 Å². The monoisotopic (exact) mass is 386 g/mol. The van der Waals surface area contributed by atoms with Gasteiger partial charge in [-0.2, -0.15) is 5.10 Å². The summed E-state index contributed by atoms with van der Waals surface area (Å²) in [6.07, 6.45) is 2.05. The molecule has 27 heavy (non-hydrogen) atoms. The molecule has 3 aromatic rings. The highest BCUT2D eigenvalue weighted by molar-refractivity contribution is 6.30. The molecule has 0 aliphatic heterocycles. The maximum Gasteiger partial charge on any atom is 0.331 e. The van der Waals surface area contributed by atoms with Crippen molar-refractivity contribution < 1.29 is 14.3 Å². The molecule has 6 heteroatoms. The van der Waals surface area contributed by atoms with Crippen molar-refractivity contribution in [2.75, 3.05) is 0 Å². The molecule has 0 atom stereocenters. The Morgan fingerprint density at radius 2 is 1.93 bits per heavy atom. The highest BCUT2D eigenvalue weighted by Gasteiger charge is 2.20. The molecule has 0 unspecified atom stereocenters. The minimum absolute atomic E-state index is 0.0326. The zero-order chi connectivity index (χ0) is 19.7. The van der Waals surface area contributed by atoms with Crippen LogP contribution in [0.25, 0.3) is 22.7 Å². The normalized spacial score (nSPS) is 12.1. The van der Waals surface area contributed by atoms with Crippen LogP contribution in [0.2, 0.25) is 5.15 Å².